The third-order valence-corrected chi connectivity index (χ3v) is 12.1. The van der Waals surface area contributed by atoms with Crippen LogP contribution in [0.25, 0.3) is 44.4 Å². The Balaban J connectivity index is 0.00000427. The molecule has 2 saturated carbocycles. The third kappa shape index (κ3) is 7.09. The van der Waals surface area contributed by atoms with E-state index in [1.165, 1.54) is 103 Å². The number of aryl methyl sites for hydroxylation is 3. The number of aromatic nitrogens is 4. The topological polar surface area (TPSA) is 44.9 Å². The van der Waals surface area contributed by atoms with Gasteiger partial charge in [-0.05, 0) is 97.0 Å². The first-order chi connectivity index (χ1) is 26.6. The smallest absolute Gasteiger partial charge is 0.509 e. The van der Waals surface area contributed by atoms with Gasteiger partial charge in [0.25, 0.3) is 0 Å². The Labute approximate surface area is 339 Å². The molecule has 7 aromatic rings. The normalized spacial score (nSPS) is 15.4. The molecule has 2 aliphatic rings. The molecule has 3 aromatic heterocycles. The summed E-state index contributed by atoms with van der Waals surface area (Å²) >= 11 is 0. The number of ether oxygens (including phenoxy) is 1. The van der Waals surface area contributed by atoms with Crippen LogP contribution in [0, 0.1) is 19.1 Å². The van der Waals surface area contributed by atoms with Crippen molar-refractivity contribution in [3.05, 3.63) is 131 Å². The maximum Gasteiger partial charge on any atom is 2.00 e. The van der Waals surface area contributed by atoms with Crippen LogP contribution in [0.15, 0.2) is 91.1 Å². The van der Waals surface area contributed by atoms with E-state index in [0.717, 1.165) is 46.3 Å². The van der Waals surface area contributed by atoms with Gasteiger partial charge in [0.1, 0.15) is 5.82 Å². The van der Waals surface area contributed by atoms with Crippen molar-refractivity contribution in [2.24, 2.45) is 0 Å². The Morgan fingerprint density at radius 1 is 0.691 bits per heavy atom. The summed E-state index contributed by atoms with van der Waals surface area (Å²) < 4.78 is 11.2. The van der Waals surface area contributed by atoms with E-state index in [1.54, 1.807) is 0 Å². The molecule has 2 fully saturated rings. The van der Waals surface area contributed by atoms with Gasteiger partial charge in [0.05, 0.1) is 11.4 Å². The summed E-state index contributed by atoms with van der Waals surface area (Å²) in [5.74, 6) is 3.11. The largest absolute Gasteiger partial charge is 2.00 e. The average Bonchev–Trinajstić information content (AvgIpc) is 3.78. The number of nitrogens with zero attached hydrogens (tertiary/aromatic N) is 4. The van der Waals surface area contributed by atoms with Crippen molar-refractivity contribution in [1.82, 2.24) is 19.3 Å². The predicted molar refractivity (Wildman–Crippen MR) is 220 cm³/mol. The molecule has 3 heterocycles. The van der Waals surface area contributed by atoms with Crippen molar-refractivity contribution in [1.29, 1.82) is 0 Å². The zero-order valence-electron chi connectivity index (χ0n) is 32.3. The molecule has 9 rings (SSSR count). The minimum Gasteiger partial charge on any atom is -0.509 e. The van der Waals surface area contributed by atoms with E-state index in [1.807, 2.05) is 24.4 Å². The van der Waals surface area contributed by atoms with Gasteiger partial charge in [0, 0.05) is 40.6 Å². The summed E-state index contributed by atoms with van der Waals surface area (Å²) in [7, 11) is 0. The van der Waals surface area contributed by atoms with E-state index < -0.39 is 0 Å². The molecule has 282 valence electrons. The van der Waals surface area contributed by atoms with Gasteiger partial charge in [0.15, 0.2) is 0 Å². The van der Waals surface area contributed by atoms with Crippen LogP contribution in [-0.2, 0) is 33.3 Å². The number of hydrogen-bond acceptors (Lipinski definition) is 3. The Hall–Kier alpha value is -4.50. The van der Waals surface area contributed by atoms with Crippen LogP contribution < -0.4 is 4.74 Å². The average molecular weight is 817 g/mol. The number of benzene rings is 4. The summed E-state index contributed by atoms with van der Waals surface area (Å²) in [5.41, 5.74) is 12.6. The minimum absolute atomic E-state index is 0. The van der Waals surface area contributed by atoms with Gasteiger partial charge in [-0.25, -0.2) is 4.98 Å². The van der Waals surface area contributed by atoms with Crippen LogP contribution in [0.1, 0.15) is 118 Å². The molecule has 55 heavy (non-hydrogen) atoms. The first kappa shape index (κ1) is 37.4. The first-order valence-electron chi connectivity index (χ1n) is 20.4. The molecule has 0 radical (unpaired) electrons. The van der Waals surface area contributed by atoms with Crippen LogP contribution in [0.3, 0.4) is 0 Å². The Morgan fingerprint density at radius 2 is 1.38 bits per heavy atom. The van der Waals surface area contributed by atoms with Gasteiger partial charge in [-0.2, -0.15) is 17.2 Å². The maximum absolute atomic E-state index is 6.67. The summed E-state index contributed by atoms with van der Waals surface area (Å²) in [6.45, 7) is 6.72. The standard InChI is InChI=1S/C49H50N4O.Pd/c1-4-34-20-14-21-35(5-2)46(34)47-48(36-16-8-6-9-17-36)51-53(49(47)37-18-10-7-11-19-37)38-22-15-23-39(31-38)54-40-26-27-42-41-24-12-13-25-43(41)52(44(42)32-40)45-30-33(3)28-29-50-45;/h12-15,20-30,36-37H,4-11,16-19H2,1-3H3;/q-2;+2. The van der Waals surface area contributed by atoms with E-state index in [9.17, 15) is 0 Å². The number of pyridine rings is 1. The number of rotatable bonds is 9. The number of hydrogen-bond donors (Lipinski definition) is 0. The molecule has 0 atom stereocenters. The molecule has 0 amide bonds. The van der Waals surface area contributed by atoms with Gasteiger partial charge in [0.2, 0.25) is 0 Å². The fraction of sp³-hybridized carbons (Fsp3) is 0.347. The fourth-order valence-electron chi connectivity index (χ4n) is 9.42. The van der Waals surface area contributed by atoms with Crippen molar-refractivity contribution >= 4 is 21.8 Å². The van der Waals surface area contributed by atoms with Crippen LogP contribution in [0.5, 0.6) is 11.5 Å². The van der Waals surface area contributed by atoms with Gasteiger partial charge in [-0.1, -0.05) is 94.3 Å². The van der Waals surface area contributed by atoms with Gasteiger partial charge >= 0.3 is 20.4 Å². The second-order valence-electron chi connectivity index (χ2n) is 15.5. The monoisotopic (exact) mass is 816 g/mol. The molecule has 0 saturated heterocycles. The van der Waals surface area contributed by atoms with E-state index in [-0.39, 0.29) is 20.4 Å². The van der Waals surface area contributed by atoms with Crippen molar-refractivity contribution in [3.63, 3.8) is 0 Å². The Morgan fingerprint density at radius 3 is 2.11 bits per heavy atom. The quantitative estimate of drug-likeness (QED) is 0.108. The molecule has 0 aliphatic heterocycles. The molecule has 0 N–H and O–H groups in total. The van der Waals surface area contributed by atoms with Crippen LogP contribution in [-0.4, -0.2) is 19.3 Å². The number of fused-ring (bicyclic) bond motifs is 3. The number of para-hydroxylation sites is 1. The molecule has 0 unspecified atom stereocenters. The van der Waals surface area contributed by atoms with E-state index >= 15 is 0 Å². The summed E-state index contributed by atoms with van der Waals surface area (Å²) in [5, 5.41) is 7.97. The zero-order chi connectivity index (χ0) is 36.6. The van der Waals surface area contributed by atoms with E-state index in [0.29, 0.717) is 23.3 Å². The van der Waals surface area contributed by atoms with Crippen LogP contribution >= 0.6 is 0 Å². The summed E-state index contributed by atoms with van der Waals surface area (Å²) in [6.07, 6.45) is 16.5. The molecule has 0 bridgehead atoms. The predicted octanol–water partition coefficient (Wildman–Crippen LogP) is 13.0. The molecule has 5 nitrogen and oxygen atoms in total. The SMILES string of the molecule is CCc1cccc(CC)c1-c1c(C2CCCCC2)nn(-c2[c-]c(Oc3[c-]c4c(cc3)c3ccccc3n4-c3cc(C)ccn3)ccc2)c1C1CCCCC1.[Pd+2]. The van der Waals surface area contributed by atoms with Crippen LogP contribution in [0.2, 0.25) is 0 Å². The second kappa shape index (κ2) is 16.3. The first-order valence-corrected chi connectivity index (χ1v) is 20.4. The van der Waals surface area contributed by atoms with Gasteiger partial charge in [-0.3, -0.25) is 4.68 Å². The maximum atomic E-state index is 6.67. The molecule has 2 aliphatic carbocycles. The van der Waals surface area contributed by atoms with Crippen molar-refractivity contribution < 1.29 is 25.2 Å². The van der Waals surface area contributed by atoms with Gasteiger partial charge < -0.3 is 9.30 Å². The van der Waals surface area contributed by atoms with E-state index in [4.69, 9.17) is 14.8 Å². The summed E-state index contributed by atoms with van der Waals surface area (Å²) in [6, 6.07) is 37.4. The van der Waals surface area contributed by atoms with E-state index in [2.05, 4.69) is 109 Å². The Kier molecular flexibility index (Phi) is 11.1. The van der Waals surface area contributed by atoms with Crippen molar-refractivity contribution in [2.75, 3.05) is 0 Å². The molecular weight excluding hydrogens is 767 g/mol. The van der Waals surface area contributed by atoms with Crippen molar-refractivity contribution in [3.8, 4) is 34.1 Å². The Bertz CT molecular complexity index is 2420. The fourth-order valence-corrected chi connectivity index (χ4v) is 9.42. The molecule has 6 heteroatoms. The molecular formula is C49H50N4OPd. The van der Waals surface area contributed by atoms with Crippen molar-refractivity contribution in [2.45, 2.75) is 110 Å². The second-order valence-corrected chi connectivity index (χ2v) is 15.5. The molecule has 0 spiro atoms. The third-order valence-electron chi connectivity index (χ3n) is 12.1. The summed E-state index contributed by atoms with van der Waals surface area (Å²) in [4.78, 5) is 4.76. The molecule has 4 aromatic carbocycles. The zero-order valence-corrected chi connectivity index (χ0v) is 33.9. The van der Waals surface area contributed by atoms with Crippen LogP contribution in [0.4, 0.5) is 0 Å². The van der Waals surface area contributed by atoms with Gasteiger partial charge in [-0.15, -0.1) is 35.7 Å². The minimum atomic E-state index is 0.